The maximum Gasteiger partial charge on any atom is 0.164 e. The van der Waals surface area contributed by atoms with Crippen LogP contribution in [0.25, 0.3) is 0 Å². The van der Waals surface area contributed by atoms with Crippen LogP contribution in [0.3, 0.4) is 0 Å². The number of hydrogen-bond acceptors (Lipinski definition) is 2. The second-order valence-electron chi connectivity index (χ2n) is 3.90. The van der Waals surface area contributed by atoms with E-state index < -0.39 is 0 Å². The minimum atomic E-state index is 0.302. The summed E-state index contributed by atoms with van der Waals surface area (Å²) < 4.78 is 2.20. The SMILES string of the molecule is C#CCSCCn1ccc2c1CCCC2=O. The molecule has 0 bridgehead atoms. The van der Waals surface area contributed by atoms with Crippen molar-refractivity contribution in [2.45, 2.75) is 25.8 Å². The van der Waals surface area contributed by atoms with Crippen molar-refractivity contribution >= 4 is 17.5 Å². The number of aromatic nitrogens is 1. The summed E-state index contributed by atoms with van der Waals surface area (Å²) >= 11 is 1.76. The van der Waals surface area contributed by atoms with Crippen LogP contribution in [-0.4, -0.2) is 21.9 Å². The van der Waals surface area contributed by atoms with Gasteiger partial charge in [-0.15, -0.1) is 18.2 Å². The normalized spacial score (nSPS) is 14.6. The molecule has 0 saturated carbocycles. The van der Waals surface area contributed by atoms with Gasteiger partial charge in [-0.05, 0) is 18.9 Å². The van der Waals surface area contributed by atoms with Crippen LogP contribution in [0.1, 0.15) is 28.9 Å². The summed E-state index contributed by atoms with van der Waals surface area (Å²) in [6, 6.07) is 1.96. The highest BCUT2D eigenvalue weighted by molar-refractivity contribution is 7.99. The minimum absolute atomic E-state index is 0.302. The molecule has 0 atom stereocenters. The summed E-state index contributed by atoms with van der Waals surface area (Å²) in [6.07, 6.45) is 9.97. The molecule has 1 aliphatic rings. The lowest BCUT2D eigenvalue weighted by molar-refractivity contribution is 0.0972. The quantitative estimate of drug-likeness (QED) is 0.588. The number of Topliss-reactive ketones (excluding diaryl/α,β-unsaturated/α-hetero) is 1. The van der Waals surface area contributed by atoms with Gasteiger partial charge in [-0.1, -0.05) is 5.92 Å². The van der Waals surface area contributed by atoms with Crippen molar-refractivity contribution in [3.05, 3.63) is 23.5 Å². The van der Waals surface area contributed by atoms with Crippen molar-refractivity contribution in [1.29, 1.82) is 0 Å². The highest BCUT2D eigenvalue weighted by Gasteiger charge is 2.19. The number of carbonyl (C=O) groups excluding carboxylic acids is 1. The summed E-state index contributed by atoms with van der Waals surface area (Å²) in [6.45, 7) is 0.953. The second kappa shape index (κ2) is 5.27. The Morgan fingerprint density at radius 1 is 1.50 bits per heavy atom. The van der Waals surface area contributed by atoms with E-state index in [0.717, 1.165) is 36.5 Å². The molecule has 1 aliphatic carbocycles. The lowest BCUT2D eigenvalue weighted by Crippen LogP contribution is -2.13. The number of terminal acetylenes is 1. The lowest BCUT2D eigenvalue weighted by atomic mass is 9.97. The highest BCUT2D eigenvalue weighted by Crippen LogP contribution is 2.22. The fourth-order valence-electron chi connectivity index (χ4n) is 2.09. The average molecular weight is 233 g/mol. The van der Waals surface area contributed by atoms with Crippen LogP contribution in [0.5, 0.6) is 0 Å². The first-order chi connectivity index (χ1) is 7.83. The van der Waals surface area contributed by atoms with Gasteiger partial charge in [0.2, 0.25) is 0 Å². The van der Waals surface area contributed by atoms with E-state index in [2.05, 4.69) is 10.5 Å². The molecule has 84 valence electrons. The van der Waals surface area contributed by atoms with Gasteiger partial charge in [0.15, 0.2) is 5.78 Å². The first-order valence-corrected chi connectivity index (χ1v) is 6.71. The van der Waals surface area contributed by atoms with Gasteiger partial charge in [-0.25, -0.2) is 0 Å². The Hall–Kier alpha value is -1.14. The van der Waals surface area contributed by atoms with Gasteiger partial charge in [0.1, 0.15) is 0 Å². The number of rotatable bonds is 4. The van der Waals surface area contributed by atoms with Crippen LogP contribution < -0.4 is 0 Å². The smallest absolute Gasteiger partial charge is 0.164 e. The van der Waals surface area contributed by atoms with Crippen LogP contribution in [0.15, 0.2) is 12.3 Å². The van der Waals surface area contributed by atoms with Gasteiger partial charge < -0.3 is 4.57 Å². The van der Waals surface area contributed by atoms with Gasteiger partial charge >= 0.3 is 0 Å². The van der Waals surface area contributed by atoms with Crippen LogP contribution >= 0.6 is 11.8 Å². The van der Waals surface area contributed by atoms with E-state index in [4.69, 9.17) is 6.42 Å². The van der Waals surface area contributed by atoms with Crippen molar-refractivity contribution in [3.8, 4) is 12.3 Å². The number of hydrogen-bond donors (Lipinski definition) is 0. The predicted molar refractivity (Wildman–Crippen MR) is 67.9 cm³/mol. The lowest BCUT2D eigenvalue weighted by Gasteiger charge is -2.14. The molecule has 0 saturated heterocycles. The zero-order chi connectivity index (χ0) is 11.4. The van der Waals surface area contributed by atoms with Crippen molar-refractivity contribution in [2.75, 3.05) is 11.5 Å². The maximum absolute atomic E-state index is 11.6. The monoisotopic (exact) mass is 233 g/mol. The third-order valence-corrected chi connectivity index (χ3v) is 3.70. The average Bonchev–Trinajstić information content (AvgIpc) is 2.70. The summed E-state index contributed by atoms with van der Waals surface area (Å²) in [7, 11) is 0. The van der Waals surface area contributed by atoms with Crippen molar-refractivity contribution in [3.63, 3.8) is 0 Å². The van der Waals surface area contributed by atoms with Gasteiger partial charge in [0.25, 0.3) is 0 Å². The largest absolute Gasteiger partial charge is 0.350 e. The number of ketones is 1. The summed E-state index contributed by atoms with van der Waals surface area (Å²) in [4.78, 5) is 11.6. The number of aryl methyl sites for hydroxylation is 1. The number of thioether (sulfide) groups is 1. The van der Waals surface area contributed by atoms with E-state index in [0.29, 0.717) is 12.2 Å². The zero-order valence-corrected chi connectivity index (χ0v) is 10.1. The molecule has 0 radical (unpaired) electrons. The molecule has 1 heterocycles. The van der Waals surface area contributed by atoms with E-state index in [1.807, 2.05) is 12.3 Å². The summed E-state index contributed by atoms with van der Waals surface area (Å²) in [5.74, 6) is 4.70. The molecule has 2 nitrogen and oxygen atoms in total. The number of carbonyl (C=O) groups is 1. The Balaban J connectivity index is 2.01. The van der Waals surface area contributed by atoms with Crippen LogP contribution in [-0.2, 0) is 13.0 Å². The molecule has 16 heavy (non-hydrogen) atoms. The van der Waals surface area contributed by atoms with E-state index in [9.17, 15) is 4.79 Å². The van der Waals surface area contributed by atoms with Crippen LogP contribution in [0, 0.1) is 12.3 Å². The molecule has 0 fully saturated rings. The molecule has 0 N–H and O–H groups in total. The Bertz CT molecular complexity index is 428. The summed E-state index contributed by atoms with van der Waals surface area (Å²) in [5.41, 5.74) is 2.16. The van der Waals surface area contributed by atoms with Crippen LogP contribution in [0.4, 0.5) is 0 Å². The van der Waals surface area contributed by atoms with E-state index in [-0.39, 0.29) is 0 Å². The zero-order valence-electron chi connectivity index (χ0n) is 9.24. The molecule has 2 rings (SSSR count). The molecule has 0 spiro atoms. The van der Waals surface area contributed by atoms with E-state index in [1.54, 1.807) is 11.8 Å². The van der Waals surface area contributed by atoms with Crippen molar-refractivity contribution in [2.24, 2.45) is 0 Å². The highest BCUT2D eigenvalue weighted by atomic mass is 32.2. The third kappa shape index (κ3) is 2.33. The Labute approximate surface area is 100 Å². The Kier molecular flexibility index (Phi) is 3.74. The Morgan fingerprint density at radius 3 is 3.19 bits per heavy atom. The maximum atomic E-state index is 11.6. The molecule has 0 amide bonds. The molecule has 1 aromatic heterocycles. The Morgan fingerprint density at radius 2 is 2.38 bits per heavy atom. The standard InChI is InChI=1S/C13H15NOS/c1-2-9-16-10-8-14-7-6-11-12(14)4-3-5-13(11)15/h1,6-7H,3-5,8-10H2. The molecular formula is C13H15NOS. The molecular weight excluding hydrogens is 218 g/mol. The molecule has 0 aliphatic heterocycles. The molecule has 0 unspecified atom stereocenters. The summed E-state index contributed by atoms with van der Waals surface area (Å²) in [5, 5.41) is 0. The molecule has 3 heteroatoms. The molecule has 1 aromatic rings. The first-order valence-electron chi connectivity index (χ1n) is 5.55. The topological polar surface area (TPSA) is 22.0 Å². The van der Waals surface area contributed by atoms with Gasteiger partial charge in [-0.2, -0.15) is 0 Å². The molecule has 0 aromatic carbocycles. The first kappa shape index (κ1) is 11.3. The third-order valence-electron chi connectivity index (χ3n) is 2.86. The van der Waals surface area contributed by atoms with E-state index in [1.165, 1.54) is 5.69 Å². The van der Waals surface area contributed by atoms with E-state index >= 15 is 0 Å². The van der Waals surface area contributed by atoms with Crippen molar-refractivity contribution in [1.82, 2.24) is 4.57 Å². The fourth-order valence-corrected chi connectivity index (χ4v) is 2.68. The number of nitrogens with zero attached hydrogens (tertiary/aromatic N) is 1. The number of fused-ring (bicyclic) bond motifs is 1. The fraction of sp³-hybridized carbons (Fsp3) is 0.462. The second-order valence-corrected chi connectivity index (χ2v) is 5.01. The van der Waals surface area contributed by atoms with Gasteiger partial charge in [0.05, 0.1) is 5.75 Å². The van der Waals surface area contributed by atoms with Gasteiger partial charge in [0, 0.05) is 36.2 Å². The van der Waals surface area contributed by atoms with Crippen LogP contribution in [0.2, 0.25) is 0 Å². The predicted octanol–water partition coefficient (Wildman–Crippen LogP) is 2.37. The van der Waals surface area contributed by atoms with Gasteiger partial charge in [-0.3, -0.25) is 4.79 Å². The minimum Gasteiger partial charge on any atom is -0.350 e. The van der Waals surface area contributed by atoms with Crippen molar-refractivity contribution < 1.29 is 4.79 Å².